The fourth-order valence-electron chi connectivity index (χ4n) is 7.59. The molecule has 432 valence electrons. The Morgan fingerprint density at radius 3 is 0.642 bits per heavy atom. The molecule has 0 bridgehead atoms. The fraction of sp³-hybridized carbons (Fsp3) is 0.333. The molecule has 0 amide bonds. The number of nitrogens with zero attached hydrogens (tertiary/aromatic N) is 4. The zero-order valence-corrected chi connectivity index (χ0v) is 46.6. The van der Waals surface area contributed by atoms with E-state index in [1.165, 1.54) is 74.9 Å². The Kier molecular flexibility index (Phi) is 25.2. The number of rotatable bonds is 9. The van der Waals surface area contributed by atoms with E-state index in [2.05, 4.69) is 16.0 Å². The molecule has 0 N–H and O–H groups in total. The molecule has 0 aliphatic carbocycles. The van der Waals surface area contributed by atoms with Crippen LogP contribution in [0.3, 0.4) is 0 Å². The summed E-state index contributed by atoms with van der Waals surface area (Å²) >= 11 is 0. The summed E-state index contributed by atoms with van der Waals surface area (Å²) in [6.45, 7) is 6.00. The maximum Gasteiger partial charge on any atom is 3.00 e. The molecule has 7 nitrogen and oxygen atoms in total. The molecule has 27 heteroatoms. The van der Waals surface area contributed by atoms with Gasteiger partial charge < -0.3 is 35.1 Å². The summed E-state index contributed by atoms with van der Waals surface area (Å²) in [5, 5.41) is 12.1. The third kappa shape index (κ3) is 20.8. The molecular weight excluding hydrogens is 1190 g/mol. The Morgan fingerprint density at radius 1 is 0.296 bits per heavy atom. The van der Waals surface area contributed by atoms with Crippen molar-refractivity contribution in [1.29, 1.82) is 0 Å². The summed E-state index contributed by atoms with van der Waals surface area (Å²) < 4.78 is 264. The van der Waals surface area contributed by atoms with Crippen LogP contribution in [0.25, 0.3) is 16.0 Å². The first-order chi connectivity index (χ1) is 37.0. The van der Waals surface area contributed by atoms with E-state index in [0.29, 0.717) is 0 Å². The molecule has 0 atom stereocenters. The quantitative estimate of drug-likeness (QED) is 0.107. The summed E-state index contributed by atoms with van der Waals surface area (Å²) in [4.78, 5) is 0.991. The van der Waals surface area contributed by atoms with Gasteiger partial charge in [-0.15, -0.1) is 34.1 Å². The summed E-state index contributed by atoms with van der Waals surface area (Å²) in [6.07, 6.45) is -24.3. The summed E-state index contributed by atoms with van der Waals surface area (Å²) in [5.41, 5.74) is -15.9. The topological polar surface area (TPSA) is 73.2 Å². The van der Waals surface area contributed by atoms with E-state index in [4.69, 9.17) is 14.2 Å². The molecule has 3 saturated heterocycles. The Hall–Kier alpha value is -4.70. The molecule has 0 unspecified atom stereocenters. The molecule has 9 rings (SSSR count). The second kappa shape index (κ2) is 29.7. The third-order valence-corrected chi connectivity index (χ3v) is 11.3. The van der Waals surface area contributed by atoms with Gasteiger partial charge in [0.15, 0.2) is 0 Å². The van der Waals surface area contributed by atoms with Crippen LogP contribution in [-0.2, 0) is 68.3 Å². The van der Waals surface area contributed by atoms with Gasteiger partial charge in [-0.3, -0.25) is 0 Å². The monoisotopic (exact) mass is 1230 g/mol. The summed E-state index contributed by atoms with van der Waals surface area (Å²) in [5.74, 6) is 0. The van der Waals surface area contributed by atoms with Crippen molar-refractivity contribution >= 4 is 51.2 Å². The minimum atomic E-state index is -5.33. The molecule has 0 spiro atoms. The molecule has 3 heterocycles. The van der Waals surface area contributed by atoms with Gasteiger partial charge in [-0.05, 0) is 74.9 Å². The van der Waals surface area contributed by atoms with E-state index in [9.17, 15) is 79.0 Å². The van der Waals surface area contributed by atoms with Crippen molar-refractivity contribution in [3.8, 4) is 0 Å². The van der Waals surface area contributed by atoms with Crippen molar-refractivity contribution in [2.45, 2.75) is 75.6 Å². The Labute approximate surface area is 506 Å². The Balaban J connectivity index is 0.000000715. The van der Waals surface area contributed by atoms with Gasteiger partial charge in [0.2, 0.25) is 0 Å². The second-order valence-corrected chi connectivity index (χ2v) is 17.4. The maximum atomic E-state index is 13.8. The van der Waals surface area contributed by atoms with Gasteiger partial charge in [0.1, 0.15) is 0 Å². The third-order valence-electron chi connectivity index (χ3n) is 11.3. The second-order valence-electron chi connectivity index (χ2n) is 17.4. The molecule has 81 heavy (non-hydrogen) atoms. The number of benzene rings is 6. The smallest absolute Gasteiger partial charge is 0.656 e. The van der Waals surface area contributed by atoms with E-state index in [1.807, 2.05) is 0 Å². The zero-order chi connectivity index (χ0) is 57.8. The first-order valence-corrected chi connectivity index (χ1v) is 23.8. The minimum absolute atomic E-state index is 0. The molecule has 0 aromatic heterocycles. The Bertz CT molecular complexity index is 2510. The number of halogens is 18. The van der Waals surface area contributed by atoms with Gasteiger partial charge in [-0.2, -0.15) is 79.0 Å². The van der Waals surface area contributed by atoms with E-state index in [0.717, 1.165) is 80.9 Å². The van der Waals surface area contributed by atoms with Gasteiger partial charge in [0.25, 0.3) is 0 Å². The van der Waals surface area contributed by atoms with Crippen molar-refractivity contribution in [3.63, 3.8) is 0 Å². The molecule has 3 aliphatic rings. The van der Waals surface area contributed by atoms with E-state index >= 15 is 0 Å². The fourth-order valence-corrected chi connectivity index (χ4v) is 7.59. The predicted molar refractivity (Wildman–Crippen MR) is 259 cm³/mol. The van der Waals surface area contributed by atoms with Crippen LogP contribution in [0.4, 0.5) is 130 Å². The Morgan fingerprint density at radius 2 is 0.481 bits per heavy atom. The molecule has 0 saturated carbocycles. The molecule has 6 aromatic rings. The van der Waals surface area contributed by atoms with E-state index in [1.54, 1.807) is 0 Å². The van der Waals surface area contributed by atoms with Crippen molar-refractivity contribution in [2.75, 3.05) is 44.5 Å². The normalized spacial score (nSPS) is 14.6. The first-order valence-electron chi connectivity index (χ1n) is 23.8. The van der Waals surface area contributed by atoms with Crippen LogP contribution in [0.15, 0.2) is 127 Å². The molecule has 3 aliphatic heterocycles. The summed E-state index contributed by atoms with van der Waals surface area (Å²) in [7, 11) is 0. The molecule has 0 radical (unpaired) electrons. The number of hydrogen-bond donors (Lipinski definition) is 0. The maximum absolute atomic E-state index is 13.8. The molecule has 3 fully saturated rings. The van der Waals surface area contributed by atoms with Crippen LogP contribution < -0.4 is 56.3 Å². The number of ether oxygens (including phenoxy) is 3. The number of hydrogen-bond acceptors (Lipinski definition) is 4. The van der Waals surface area contributed by atoms with Crippen molar-refractivity contribution in [1.82, 2.24) is 0 Å². The number of alkyl halides is 18. The van der Waals surface area contributed by atoms with E-state index in [-0.39, 0.29) is 140 Å². The summed E-state index contributed by atoms with van der Waals surface area (Å²) in [6, 6.07) is 15.1. The minimum Gasteiger partial charge on any atom is -0.656 e. The zero-order valence-electron chi connectivity index (χ0n) is 42.3. The molecule has 6 aromatic carbocycles. The van der Waals surface area contributed by atoms with Crippen molar-refractivity contribution in [2.24, 2.45) is 0 Å². The predicted octanol–water partition coefficient (Wildman–Crippen LogP) is 17.7. The van der Waals surface area contributed by atoms with Crippen LogP contribution in [-0.4, -0.2) is 39.6 Å². The SMILES string of the molecule is C1CCOC1.C1CCOC1.C1CCOC1.FC(F)(F)c1cc([N-]c2ccccc2N(c2ccccc2[N-]c2cc(C(F)(F)F)cc(C(F)(F)F)c2)c2ccccc2[N-]c2cc(C(F)(F)F)cc(C(F)(F)F)c2)cc(C(F)(F)F)c1.[K+].[Mn+3]. The van der Waals surface area contributed by atoms with Crippen molar-refractivity contribution < 1.29 is 162 Å². The van der Waals surface area contributed by atoms with E-state index < -0.39 is 105 Å². The number of anilines is 3. The largest absolute Gasteiger partial charge is 3.00 e. The van der Waals surface area contributed by atoms with Crippen LogP contribution >= 0.6 is 0 Å². The molecular formula is C54H45F18KMnN4O3+. The van der Waals surface area contributed by atoms with Gasteiger partial charge in [-0.25, -0.2) is 0 Å². The van der Waals surface area contributed by atoms with Crippen LogP contribution in [0.1, 0.15) is 71.9 Å². The van der Waals surface area contributed by atoms with Crippen LogP contribution in [0.2, 0.25) is 0 Å². The van der Waals surface area contributed by atoms with Gasteiger partial charge in [-0.1, -0.05) is 91.0 Å². The average Bonchev–Trinajstić information content (AvgIpc) is 4.24. The van der Waals surface area contributed by atoms with Gasteiger partial charge >= 0.3 is 106 Å². The standard InChI is InChI=1S/C42H21F18N4.3C4H8O.K.Mn/c43-37(44,45)22-13-23(38(46,47)48)17-28(16-22)61-31-7-1-4-10-34(31)64(35-11-5-2-8-32(35)62-29-18-24(39(49,50)51)14-25(19-29)40(52,53)54)36-12-6-3-9-33(36)63-30-20-26(41(55,56)57)15-27(21-30)42(58,59)60;3*1-2-4-5-3-1;;/h1-21H;3*1-4H2;;/q-3;;;;+1;+3. The van der Waals surface area contributed by atoms with Gasteiger partial charge in [0, 0.05) is 56.7 Å². The average molecular weight is 1230 g/mol. The van der Waals surface area contributed by atoms with Crippen LogP contribution in [0.5, 0.6) is 0 Å². The van der Waals surface area contributed by atoms with Gasteiger partial charge in [0.05, 0.1) is 33.4 Å². The first kappa shape index (κ1) is 68.8. The van der Waals surface area contributed by atoms with Crippen LogP contribution in [0, 0.1) is 0 Å². The number of para-hydroxylation sites is 6. The van der Waals surface area contributed by atoms with Crippen molar-refractivity contribution in [3.05, 3.63) is 177 Å².